The van der Waals surface area contributed by atoms with Crippen LogP contribution in [0.3, 0.4) is 0 Å². The molecule has 0 bridgehead atoms. The van der Waals surface area contributed by atoms with E-state index in [1.54, 1.807) is 7.05 Å². The monoisotopic (exact) mass is 274 g/mol. The van der Waals surface area contributed by atoms with Crippen molar-refractivity contribution in [3.63, 3.8) is 0 Å². The Kier molecular flexibility index (Phi) is 4.84. The third kappa shape index (κ3) is 3.64. The summed E-state index contributed by atoms with van der Waals surface area (Å²) >= 11 is 10.4. The number of rotatable bonds is 4. The van der Waals surface area contributed by atoms with Crippen LogP contribution in [0.15, 0.2) is 18.2 Å². The molecule has 0 fully saturated rings. The summed E-state index contributed by atoms with van der Waals surface area (Å²) in [6.07, 6.45) is 0.421. The molecule has 0 heterocycles. The number of hydrogen-bond acceptors (Lipinski definition) is 2. The molecule has 0 spiro atoms. The first-order valence-corrected chi connectivity index (χ1v) is 5.70. The lowest BCUT2D eigenvalue weighted by atomic mass is 10.2. The number of amides is 1. The van der Waals surface area contributed by atoms with Crippen molar-refractivity contribution >= 4 is 34.7 Å². The van der Waals surface area contributed by atoms with Crippen molar-refractivity contribution in [2.45, 2.75) is 6.42 Å². The highest BCUT2D eigenvalue weighted by atomic mass is 35.5. The van der Waals surface area contributed by atoms with E-state index in [2.05, 4.69) is 0 Å². The molecule has 0 unspecified atom stereocenters. The van der Waals surface area contributed by atoms with E-state index in [-0.39, 0.29) is 16.5 Å². The summed E-state index contributed by atoms with van der Waals surface area (Å²) in [5.41, 5.74) is 5.48. The number of benzene rings is 1. The SMILES string of the molecule is CN(CCC(N)=S)C(=O)c1cccc(F)c1Cl. The van der Waals surface area contributed by atoms with Crippen LogP contribution in [0.25, 0.3) is 0 Å². The van der Waals surface area contributed by atoms with Gasteiger partial charge in [-0.25, -0.2) is 4.39 Å². The van der Waals surface area contributed by atoms with Crippen molar-refractivity contribution in [1.82, 2.24) is 4.90 Å². The number of carbonyl (C=O) groups is 1. The van der Waals surface area contributed by atoms with Crippen LogP contribution in [0, 0.1) is 5.82 Å². The van der Waals surface area contributed by atoms with Crippen molar-refractivity contribution in [2.24, 2.45) is 5.73 Å². The van der Waals surface area contributed by atoms with Gasteiger partial charge in [-0.15, -0.1) is 0 Å². The molecule has 0 saturated heterocycles. The largest absolute Gasteiger partial charge is 0.393 e. The highest BCUT2D eigenvalue weighted by Gasteiger charge is 2.17. The van der Waals surface area contributed by atoms with E-state index in [9.17, 15) is 9.18 Å². The van der Waals surface area contributed by atoms with Gasteiger partial charge in [0.25, 0.3) is 5.91 Å². The number of hydrogen-bond donors (Lipinski definition) is 1. The van der Waals surface area contributed by atoms with Gasteiger partial charge in [0.1, 0.15) is 5.82 Å². The standard InChI is InChI=1S/C11H12ClFN2OS/c1-15(6-5-9(14)17)11(16)7-3-2-4-8(13)10(7)12/h2-4H,5-6H2,1H3,(H2,14,17). The predicted molar refractivity (Wildman–Crippen MR) is 69.8 cm³/mol. The molecule has 0 aliphatic carbocycles. The molecule has 2 N–H and O–H groups in total. The van der Waals surface area contributed by atoms with Crippen LogP contribution in [0.2, 0.25) is 5.02 Å². The molecule has 1 aromatic rings. The smallest absolute Gasteiger partial charge is 0.255 e. The van der Waals surface area contributed by atoms with Gasteiger partial charge in [-0.05, 0) is 12.1 Å². The van der Waals surface area contributed by atoms with Crippen molar-refractivity contribution in [3.8, 4) is 0 Å². The van der Waals surface area contributed by atoms with Gasteiger partial charge in [0.2, 0.25) is 0 Å². The maximum atomic E-state index is 13.2. The molecule has 1 aromatic carbocycles. The molecule has 0 aliphatic rings. The van der Waals surface area contributed by atoms with Crippen LogP contribution in [0.4, 0.5) is 4.39 Å². The second-order valence-electron chi connectivity index (χ2n) is 3.54. The van der Waals surface area contributed by atoms with Crippen molar-refractivity contribution < 1.29 is 9.18 Å². The third-order valence-electron chi connectivity index (χ3n) is 2.22. The average molecular weight is 275 g/mol. The first-order valence-electron chi connectivity index (χ1n) is 4.91. The Morgan fingerprint density at radius 3 is 2.82 bits per heavy atom. The van der Waals surface area contributed by atoms with Gasteiger partial charge in [0.15, 0.2) is 0 Å². The van der Waals surface area contributed by atoms with Gasteiger partial charge in [-0.2, -0.15) is 0 Å². The number of thiocarbonyl (C=S) groups is 1. The number of halogens is 2. The van der Waals surface area contributed by atoms with E-state index in [1.807, 2.05) is 0 Å². The molecule has 6 heteroatoms. The number of carbonyl (C=O) groups excluding carboxylic acids is 1. The summed E-state index contributed by atoms with van der Waals surface area (Å²) in [6.45, 7) is 0.376. The Morgan fingerprint density at radius 1 is 1.59 bits per heavy atom. The maximum absolute atomic E-state index is 13.2. The first-order chi connectivity index (χ1) is 7.93. The van der Waals surface area contributed by atoms with E-state index in [0.717, 1.165) is 0 Å². The fraction of sp³-hybridized carbons (Fsp3) is 0.273. The van der Waals surface area contributed by atoms with Crippen LogP contribution in [-0.4, -0.2) is 29.4 Å². The summed E-state index contributed by atoms with van der Waals surface area (Å²) in [5, 5.41) is -0.167. The second kappa shape index (κ2) is 5.93. The third-order valence-corrected chi connectivity index (χ3v) is 2.81. The Bertz CT molecular complexity index is 453. The lowest BCUT2D eigenvalue weighted by Gasteiger charge is -2.17. The van der Waals surface area contributed by atoms with E-state index in [1.165, 1.54) is 23.1 Å². The fourth-order valence-electron chi connectivity index (χ4n) is 1.25. The van der Waals surface area contributed by atoms with Crippen molar-refractivity contribution in [2.75, 3.05) is 13.6 Å². The molecular formula is C11H12ClFN2OS. The van der Waals surface area contributed by atoms with Gasteiger partial charge in [0.05, 0.1) is 15.6 Å². The first kappa shape index (κ1) is 13.9. The van der Waals surface area contributed by atoms with Gasteiger partial charge in [0, 0.05) is 20.0 Å². The summed E-state index contributed by atoms with van der Waals surface area (Å²) in [4.78, 5) is 13.7. The van der Waals surface area contributed by atoms with Crippen LogP contribution in [-0.2, 0) is 0 Å². The zero-order valence-corrected chi connectivity index (χ0v) is 10.8. The number of nitrogens with two attached hydrogens (primary N) is 1. The summed E-state index contributed by atoms with van der Waals surface area (Å²) in [5.74, 6) is -0.967. The van der Waals surface area contributed by atoms with Crippen LogP contribution < -0.4 is 5.73 Å². The van der Waals surface area contributed by atoms with Crippen LogP contribution >= 0.6 is 23.8 Å². The minimum absolute atomic E-state index is 0.136. The van der Waals surface area contributed by atoms with E-state index in [4.69, 9.17) is 29.6 Å². The topological polar surface area (TPSA) is 46.3 Å². The summed E-state index contributed by atoms with van der Waals surface area (Å²) in [6, 6.07) is 4.12. The molecular weight excluding hydrogens is 263 g/mol. The van der Waals surface area contributed by atoms with Crippen molar-refractivity contribution in [3.05, 3.63) is 34.6 Å². The Balaban J connectivity index is 2.82. The molecule has 3 nitrogen and oxygen atoms in total. The average Bonchev–Trinajstić information content (AvgIpc) is 2.28. The Morgan fingerprint density at radius 2 is 2.24 bits per heavy atom. The molecule has 1 rings (SSSR count). The predicted octanol–water partition coefficient (Wildman–Crippen LogP) is 2.23. The molecule has 0 atom stereocenters. The number of nitrogens with zero attached hydrogens (tertiary/aromatic N) is 1. The lowest BCUT2D eigenvalue weighted by Crippen LogP contribution is -2.30. The van der Waals surface area contributed by atoms with E-state index >= 15 is 0 Å². The normalized spacial score (nSPS) is 10.1. The molecule has 0 aromatic heterocycles. The maximum Gasteiger partial charge on any atom is 0.255 e. The van der Waals surface area contributed by atoms with Gasteiger partial charge < -0.3 is 10.6 Å². The molecule has 1 amide bonds. The fourth-order valence-corrected chi connectivity index (χ4v) is 1.55. The zero-order chi connectivity index (χ0) is 13.0. The highest BCUT2D eigenvalue weighted by Crippen LogP contribution is 2.20. The van der Waals surface area contributed by atoms with E-state index in [0.29, 0.717) is 18.0 Å². The van der Waals surface area contributed by atoms with Crippen molar-refractivity contribution in [1.29, 1.82) is 0 Å². The minimum Gasteiger partial charge on any atom is -0.393 e. The molecule has 0 radical (unpaired) electrons. The minimum atomic E-state index is -0.611. The van der Waals surface area contributed by atoms with E-state index < -0.39 is 5.82 Å². The quantitative estimate of drug-likeness (QED) is 0.857. The molecule has 17 heavy (non-hydrogen) atoms. The zero-order valence-electron chi connectivity index (χ0n) is 9.24. The van der Waals surface area contributed by atoms with Gasteiger partial charge >= 0.3 is 0 Å². The molecule has 92 valence electrons. The van der Waals surface area contributed by atoms with Crippen LogP contribution in [0.5, 0.6) is 0 Å². The highest BCUT2D eigenvalue weighted by molar-refractivity contribution is 7.80. The molecule has 0 aliphatic heterocycles. The van der Waals surface area contributed by atoms with Crippen LogP contribution in [0.1, 0.15) is 16.8 Å². The Hall–Kier alpha value is -1.20. The summed E-state index contributed by atoms with van der Waals surface area (Å²) < 4.78 is 13.2. The lowest BCUT2D eigenvalue weighted by molar-refractivity contribution is 0.0798. The van der Waals surface area contributed by atoms with Gasteiger partial charge in [-0.1, -0.05) is 29.9 Å². The Labute approximate surface area is 109 Å². The molecule has 0 saturated carbocycles. The van der Waals surface area contributed by atoms with Gasteiger partial charge in [-0.3, -0.25) is 4.79 Å². The summed E-state index contributed by atoms with van der Waals surface area (Å²) in [7, 11) is 1.59. The second-order valence-corrected chi connectivity index (χ2v) is 4.45.